The van der Waals surface area contributed by atoms with Crippen molar-refractivity contribution in [3.05, 3.63) is 42.2 Å². The maximum Gasteiger partial charge on any atom is 0.253 e. The number of carbonyl (C=O) groups excluding carboxylic acids is 1. The third-order valence-electron chi connectivity index (χ3n) is 5.99. The Balaban J connectivity index is 1.43. The average Bonchev–Trinajstić information content (AvgIpc) is 3.40. The lowest BCUT2D eigenvalue weighted by Gasteiger charge is -2.37. The van der Waals surface area contributed by atoms with E-state index in [1.807, 2.05) is 52.7 Å². The minimum atomic E-state index is -0.0119. The molecule has 0 saturated carbocycles. The third kappa shape index (κ3) is 2.82. The molecule has 27 heavy (non-hydrogen) atoms. The Morgan fingerprint density at radius 3 is 2.81 bits per heavy atom. The van der Waals surface area contributed by atoms with E-state index in [9.17, 15) is 4.79 Å². The van der Waals surface area contributed by atoms with Gasteiger partial charge in [-0.2, -0.15) is 0 Å². The number of aromatic nitrogens is 4. The number of piperidine rings is 1. The molecule has 3 aromatic heterocycles. The van der Waals surface area contributed by atoms with E-state index in [-0.39, 0.29) is 11.9 Å². The lowest BCUT2D eigenvalue weighted by atomic mass is 9.96. The van der Waals surface area contributed by atoms with Gasteiger partial charge in [-0.3, -0.25) is 14.1 Å². The molecule has 5 heterocycles. The Labute approximate surface area is 158 Å². The van der Waals surface area contributed by atoms with E-state index in [2.05, 4.69) is 20.4 Å². The fraction of sp³-hybridized carbons (Fsp3) is 0.450. The van der Waals surface area contributed by atoms with Gasteiger partial charge >= 0.3 is 0 Å². The van der Waals surface area contributed by atoms with E-state index < -0.39 is 0 Å². The van der Waals surface area contributed by atoms with Crippen molar-refractivity contribution in [2.75, 3.05) is 13.1 Å². The second-order valence-electron chi connectivity index (χ2n) is 7.64. The third-order valence-corrected chi connectivity index (χ3v) is 5.99. The first kappa shape index (κ1) is 16.5. The summed E-state index contributed by atoms with van der Waals surface area (Å²) < 4.78 is 3.90. The van der Waals surface area contributed by atoms with Crippen molar-refractivity contribution >= 4 is 11.6 Å². The summed E-state index contributed by atoms with van der Waals surface area (Å²) in [5.74, 6) is 0.731. The normalized spacial score (nSPS) is 22.9. The second-order valence-corrected chi connectivity index (χ2v) is 7.64. The van der Waals surface area contributed by atoms with E-state index in [1.165, 1.54) is 25.9 Å². The van der Waals surface area contributed by atoms with Crippen molar-refractivity contribution in [2.45, 2.75) is 37.8 Å². The fourth-order valence-corrected chi connectivity index (χ4v) is 4.61. The van der Waals surface area contributed by atoms with E-state index >= 15 is 0 Å². The van der Waals surface area contributed by atoms with Crippen molar-refractivity contribution in [3.8, 4) is 11.5 Å². The molecule has 2 aliphatic heterocycles. The summed E-state index contributed by atoms with van der Waals surface area (Å²) in [6, 6.07) is 8.42. The van der Waals surface area contributed by atoms with Crippen LogP contribution in [0.1, 0.15) is 36.0 Å². The first-order chi connectivity index (χ1) is 13.2. The van der Waals surface area contributed by atoms with Crippen molar-refractivity contribution in [1.82, 2.24) is 29.4 Å². The summed E-state index contributed by atoms with van der Waals surface area (Å²) in [4.78, 5) is 15.5. The van der Waals surface area contributed by atoms with Gasteiger partial charge in [-0.25, -0.2) is 0 Å². The Morgan fingerprint density at radius 1 is 1.15 bits per heavy atom. The van der Waals surface area contributed by atoms with Crippen LogP contribution in [0.3, 0.4) is 0 Å². The highest BCUT2D eigenvalue weighted by Gasteiger charge is 2.35. The lowest BCUT2D eigenvalue weighted by Crippen LogP contribution is -2.52. The van der Waals surface area contributed by atoms with Gasteiger partial charge in [0.1, 0.15) is 0 Å². The van der Waals surface area contributed by atoms with Gasteiger partial charge < -0.3 is 9.88 Å². The van der Waals surface area contributed by atoms with Gasteiger partial charge in [0.2, 0.25) is 0 Å². The topological polar surface area (TPSA) is 67.5 Å². The number of nitrogens with zero attached hydrogens (tertiary/aromatic N) is 5. The van der Waals surface area contributed by atoms with Gasteiger partial charge in [-0.15, -0.1) is 10.2 Å². The molecule has 0 bridgehead atoms. The van der Waals surface area contributed by atoms with Gasteiger partial charge in [-0.1, -0.05) is 0 Å². The molecular weight excluding hydrogens is 340 g/mol. The predicted molar refractivity (Wildman–Crippen MR) is 102 cm³/mol. The van der Waals surface area contributed by atoms with Gasteiger partial charge in [0.05, 0.1) is 11.3 Å². The number of amides is 1. The highest BCUT2D eigenvalue weighted by molar-refractivity contribution is 5.94. The zero-order chi connectivity index (χ0) is 18.4. The Kier molecular flexibility index (Phi) is 3.97. The number of fused-ring (bicyclic) bond motifs is 2. The van der Waals surface area contributed by atoms with Gasteiger partial charge in [0, 0.05) is 31.5 Å². The van der Waals surface area contributed by atoms with Crippen LogP contribution >= 0.6 is 0 Å². The quantitative estimate of drug-likeness (QED) is 0.773. The monoisotopic (exact) mass is 364 g/mol. The number of carbonyl (C=O) groups is 1. The summed E-state index contributed by atoms with van der Waals surface area (Å²) in [5.41, 5.74) is 2.35. The molecule has 140 valence electrons. The number of rotatable bonds is 3. The van der Waals surface area contributed by atoms with Crippen LogP contribution < -0.4 is 5.32 Å². The smallest absolute Gasteiger partial charge is 0.253 e. The molecule has 0 aromatic carbocycles. The summed E-state index contributed by atoms with van der Waals surface area (Å²) in [7, 11) is 1.98. The molecule has 5 rings (SSSR count). The van der Waals surface area contributed by atoms with Crippen LogP contribution in [0.2, 0.25) is 0 Å². The van der Waals surface area contributed by atoms with Crippen molar-refractivity contribution in [2.24, 2.45) is 7.05 Å². The van der Waals surface area contributed by atoms with E-state index in [0.717, 1.165) is 30.0 Å². The zero-order valence-electron chi connectivity index (χ0n) is 15.5. The summed E-state index contributed by atoms with van der Waals surface area (Å²) in [6.07, 6.45) is 8.47. The molecule has 2 aliphatic rings. The molecule has 7 heteroatoms. The van der Waals surface area contributed by atoms with E-state index in [4.69, 9.17) is 0 Å². The summed E-state index contributed by atoms with van der Waals surface area (Å²) in [6.45, 7) is 2.34. The number of hydrogen-bond donors (Lipinski definition) is 1. The standard InChI is InChI=1S/C20H24N6O/c1-24-10-3-7-17(24)19-23-22-18-9-8-14(13-26(18)19)20(27)21-15-5-2-11-25-12-4-6-16(15)25/h3,7-10,13,15-16H,2,4-6,11-12H2,1H3,(H,21,27)/t15-,16-/m0/s1. The van der Waals surface area contributed by atoms with Crippen molar-refractivity contribution < 1.29 is 4.79 Å². The zero-order valence-corrected chi connectivity index (χ0v) is 15.5. The molecule has 7 nitrogen and oxygen atoms in total. The molecule has 2 saturated heterocycles. The van der Waals surface area contributed by atoms with Crippen LogP contribution in [0.25, 0.3) is 17.2 Å². The SMILES string of the molecule is Cn1cccc1-c1nnc2ccc(C(=O)N[C@H]3CCCN4CCC[C@@H]34)cn12. The molecule has 2 fully saturated rings. The van der Waals surface area contributed by atoms with E-state index in [1.54, 1.807) is 0 Å². The largest absolute Gasteiger partial charge is 0.348 e. The maximum atomic E-state index is 12.9. The summed E-state index contributed by atoms with van der Waals surface area (Å²) >= 11 is 0. The first-order valence-corrected chi connectivity index (χ1v) is 9.72. The van der Waals surface area contributed by atoms with Crippen LogP contribution in [0.5, 0.6) is 0 Å². The average molecular weight is 364 g/mol. The molecular formula is C20H24N6O. The minimum Gasteiger partial charge on any atom is -0.348 e. The first-order valence-electron chi connectivity index (χ1n) is 9.72. The predicted octanol–water partition coefficient (Wildman–Crippen LogP) is 2.09. The molecule has 1 amide bonds. The van der Waals surface area contributed by atoms with Gasteiger partial charge in [0.15, 0.2) is 11.5 Å². The highest BCUT2D eigenvalue weighted by Crippen LogP contribution is 2.27. The molecule has 0 unspecified atom stereocenters. The van der Waals surface area contributed by atoms with E-state index in [0.29, 0.717) is 11.6 Å². The van der Waals surface area contributed by atoms with Crippen LogP contribution in [-0.2, 0) is 7.05 Å². The van der Waals surface area contributed by atoms with Crippen LogP contribution in [0, 0.1) is 0 Å². The highest BCUT2D eigenvalue weighted by atomic mass is 16.1. The Morgan fingerprint density at radius 2 is 2.00 bits per heavy atom. The van der Waals surface area contributed by atoms with Crippen LogP contribution in [0.15, 0.2) is 36.7 Å². The number of pyridine rings is 1. The molecule has 1 N–H and O–H groups in total. The minimum absolute atomic E-state index is 0.0119. The van der Waals surface area contributed by atoms with Gasteiger partial charge in [-0.05, 0) is 63.0 Å². The number of aryl methyl sites for hydroxylation is 1. The Hall–Kier alpha value is -2.67. The molecule has 2 atom stereocenters. The number of nitrogens with one attached hydrogen (secondary N) is 1. The Bertz CT molecular complexity index is 989. The van der Waals surface area contributed by atoms with Gasteiger partial charge in [0.25, 0.3) is 5.91 Å². The maximum absolute atomic E-state index is 12.9. The molecule has 0 radical (unpaired) electrons. The summed E-state index contributed by atoms with van der Waals surface area (Å²) in [5, 5.41) is 11.8. The number of hydrogen-bond acceptors (Lipinski definition) is 4. The van der Waals surface area contributed by atoms with Crippen LogP contribution in [0.4, 0.5) is 0 Å². The fourth-order valence-electron chi connectivity index (χ4n) is 4.61. The van der Waals surface area contributed by atoms with Crippen molar-refractivity contribution in [1.29, 1.82) is 0 Å². The van der Waals surface area contributed by atoms with Crippen molar-refractivity contribution in [3.63, 3.8) is 0 Å². The second kappa shape index (κ2) is 6.49. The molecule has 3 aromatic rings. The van der Waals surface area contributed by atoms with Crippen LogP contribution in [-0.4, -0.2) is 55.1 Å². The lowest BCUT2D eigenvalue weighted by molar-refractivity contribution is 0.0867. The molecule has 0 aliphatic carbocycles. The molecule has 0 spiro atoms.